The highest BCUT2D eigenvalue weighted by Gasteiger charge is 2.33. The first kappa shape index (κ1) is 121. The van der Waals surface area contributed by atoms with E-state index in [1.807, 2.05) is 102 Å². The van der Waals surface area contributed by atoms with Gasteiger partial charge in [-0.25, -0.2) is 60.1 Å². The number of fused-ring (bicyclic) bond motifs is 4. The van der Waals surface area contributed by atoms with Crippen LogP contribution in [-0.2, 0) is 103 Å². The van der Waals surface area contributed by atoms with Crippen LogP contribution in [0, 0.1) is 11.6 Å². The van der Waals surface area contributed by atoms with Gasteiger partial charge in [0.05, 0.1) is 86.8 Å². The van der Waals surface area contributed by atoms with Crippen LogP contribution in [0.4, 0.5) is 38.9 Å². The van der Waals surface area contributed by atoms with Gasteiger partial charge in [0.25, 0.3) is 11.8 Å². The Labute approximate surface area is 885 Å². The second kappa shape index (κ2) is 56.9. The van der Waals surface area contributed by atoms with Gasteiger partial charge in [0.15, 0.2) is 40.2 Å². The predicted octanol–water partition coefficient (Wildman–Crippen LogP) is 16.7. The van der Waals surface area contributed by atoms with Crippen LogP contribution in [0.25, 0.3) is 31.3 Å². The summed E-state index contributed by atoms with van der Waals surface area (Å²) in [5, 5.41) is 30.5. The quantitative estimate of drug-likeness (QED) is 0.00987. The number of rotatable bonds is 19. The molecule has 0 saturated heterocycles. The number of carbonyl (C=O) groups excluding carboxylic acids is 9. The van der Waals surface area contributed by atoms with Crippen LogP contribution in [0.15, 0.2) is 145 Å². The number of thiazole rings is 5. The average molecular weight is 2280 g/mol. The van der Waals surface area contributed by atoms with Gasteiger partial charge in [-0.05, 0) is 214 Å². The van der Waals surface area contributed by atoms with Gasteiger partial charge < -0.3 is 95.0 Å². The molecule has 36 nitrogen and oxygen atoms in total. The van der Waals surface area contributed by atoms with E-state index in [9.17, 15) is 74.4 Å². The molecule has 0 fully saturated rings. The number of hydrogen-bond acceptors (Lipinski definition) is 36. The Balaban J connectivity index is 0.000000243. The number of aromatic nitrogens is 5. The van der Waals surface area contributed by atoms with E-state index in [-0.39, 0.29) is 85.3 Å². The molecule has 15 rings (SSSR count). The number of Topliss-reactive ketones (excluding diaryl/α,β-unsaturated/α-hetero) is 1. The van der Waals surface area contributed by atoms with Crippen molar-refractivity contribution in [3.05, 3.63) is 197 Å². The van der Waals surface area contributed by atoms with Gasteiger partial charge in [0.1, 0.15) is 99.1 Å². The molecule has 11 aromatic rings. The molecule has 5 aromatic heterocycles. The number of nitrogen functional groups attached to an aromatic ring is 2. The first-order valence-electron chi connectivity index (χ1n) is 45.3. The lowest BCUT2D eigenvalue weighted by molar-refractivity contribution is -0.156. The summed E-state index contributed by atoms with van der Waals surface area (Å²) >= 11 is 13.7. The van der Waals surface area contributed by atoms with Crippen LogP contribution in [0.1, 0.15) is 169 Å². The molecule has 9 heterocycles. The molecule has 146 heavy (non-hydrogen) atoms. The van der Waals surface area contributed by atoms with E-state index in [4.69, 9.17) is 39.9 Å². The average Bonchev–Trinajstić information content (AvgIpc) is 0.909. The van der Waals surface area contributed by atoms with E-state index in [2.05, 4.69) is 84.4 Å². The Morgan fingerprint density at radius 2 is 0.911 bits per heavy atom. The minimum Gasteiger partial charge on any atom is -0.491 e. The largest absolute Gasteiger partial charge is 0.491 e. The van der Waals surface area contributed by atoms with Crippen molar-refractivity contribution in [1.82, 2.24) is 49.8 Å². The lowest BCUT2D eigenvalue weighted by Gasteiger charge is -2.26. The molecule has 0 spiro atoms. The van der Waals surface area contributed by atoms with Crippen molar-refractivity contribution in [3.63, 3.8) is 0 Å². The van der Waals surface area contributed by atoms with Crippen LogP contribution in [0.3, 0.4) is 0 Å². The summed E-state index contributed by atoms with van der Waals surface area (Å²) in [6.45, 7) is 27.4. The maximum absolute atomic E-state index is 15.0. The fourth-order valence-corrected chi connectivity index (χ4v) is 20.1. The molecule has 0 bridgehead atoms. The molecule has 0 aliphatic carbocycles. The molecular weight excluding hydrogens is 2160 g/mol. The standard InChI is InChI=1S/C26H30FN3O4S2.C22H22FN3O4S2.C19H23N3O4S.C14H20BNO5.C6H6BrNOS.C4H6O3.C3H3BrN2S.C3H7NO.CH4/c1-4-6-11-28-26-29-15-22(35-26)17-7-9-21-18(14-17)16-30(12-13-34-21)25(31)20-8-10-23(36(3,32)33)24(27)19(20)5-2;1-3-15-16(5-7-19(20(15)23)32(2,28)29)21(27)26-8-9-30-17-6-4-13(10-14(17)12-26)18-11-25-22(24)31-18;1-12(23)21-17-20-10-16(27-17)13-5-6-15-14(9-13)11-22(7-8-25-15)18(24)26-19(2,3)4;1-14(2,3)21-13(17)16-6-7-20-12-5-4-11(15(18)19)8-10(12)9-16;1-4(9)2-6-8-3-5(7)10-6;1-3(5)7-4(2)6;4-2-1-6-3(5)7-2;1-4-2-3-5;/h7-10,14-15H,4-6,11-13,16H2,1-3H3,(H,28,29);4-7,10-11H,3,8-9,12H2,1-2H3,(H2,24,25);5-6,9-10H,7-8,11H2,1-4H3,(H,20,21,23);4-5,8,18-19H,6-7,9H2,1-3H3;3H,2H2,1H3;1-2H3;1H,(H2,5,6);3-4H,2H2,1H3;1H4. The monoisotopic (exact) mass is 2280 g/mol. The highest BCUT2D eigenvalue weighted by Crippen LogP contribution is 2.39. The number of aldehydes is 1. The molecule has 6 aromatic carbocycles. The number of benzene rings is 6. The third kappa shape index (κ3) is 38.1. The lowest BCUT2D eigenvalue weighted by Crippen LogP contribution is -2.37. The van der Waals surface area contributed by atoms with Crippen molar-refractivity contribution in [2.45, 2.75) is 177 Å². The number of anilines is 4. The summed E-state index contributed by atoms with van der Waals surface area (Å²) in [6.07, 6.45) is 13.6. The first-order valence-corrected chi connectivity index (χ1v) is 54.7. The van der Waals surface area contributed by atoms with Crippen molar-refractivity contribution in [2.75, 3.05) is 107 Å². The summed E-state index contributed by atoms with van der Waals surface area (Å²) in [5.41, 5.74) is 16.9. The SMILES string of the molecule is C.CC(=O)Cc1ncc(Br)s1.CC(=O)Nc1ncc(-c2ccc3c(c2)CN(C(=O)OC(C)(C)C)CCO3)s1.CC(=O)OC(C)=O.CC(C)(C)OC(=O)N1CCOc2ccc(B(O)O)cc2C1.CCCCNc1ncc(-c2ccc3c(c2)CN(C(=O)c2ccc(S(C)(=O)=O)c(F)c2CC)CCO3)s1.CCc1c(C(=O)N2CCOc3ccc(-c4cnc(N)s4)cc3C2)ccc(S(C)(=O)=O)c1F.CNCC=O.Nc1ncc(Br)s1. The van der Waals surface area contributed by atoms with E-state index >= 15 is 4.39 Å². The van der Waals surface area contributed by atoms with Gasteiger partial charge in [-0.15, -0.1) is 11.3 Å². The zero-order chi connectivity index (χ0) is 107. The topological polar surface area (TPSA) is 493 Å². The predicted molar refractivity (Wildman–Crippen MR) is 571 cm³/mol. The Bertz CT molecular complexity index is 6570. The molecule has 0 radical (unpaired) electrons. The van der Waals surface area contributed by atoms with Gasteiger partial charge in [-0.3, -0.25) is 28.8 Å². The molecule has 0 unspecified atom stereocenters. The van der Waals surface area contributed by atoms with E-state index in [1.54, 1.807) is 102 Å². The van der Waals surface area contributed by atoms with Gasteiger partial charge >= 0.3 is 31.2 Å². The number of halogens is 4. The van der Waals surface area contributed by atoms with Crippen molar-refractivity contribution < 1.29 is 112 Å². The third-order valence-electron chi connectivity index (χ3n) is 20.2. The normalized spacial score (nSPS) is 12.9. The fraction of sp³-hybridized carbons (Fsp3) is 0.388. The lowest BCUT2D eigenvalue weighted by atomic mass is 9.79. The number of esters is 2. The minimum atomic E-state index is -3.74. The van der Waals surface area contributed by atoms with E-state index in [0.717, 1.165) is 121 Å². The fourth-order valence-electron chi connectivity index (χ4n) is 13.8. The number of nitrogens with one attached hydrogen (secondary N) is 3. The maximum atomic E-state index is 15.0. The number of ether oxygens (including phenoxy) is 7. The molecule has 4 aliphatic rings. The van der Waals surface area contributed by atoms with Gasteiger partial charge in [0, 0.05) is 116 Å². The molecule has 788 valence electrons. The van der Waals surface area contributed by atoms with E-state index in [1.165, 1.54) is 84.3 Å². The minimum absolute atomic E-state index is 0. The molecule has 4 aliphatic heterocycles. The number of unbranched alkanes of at least 4 members (excludes halogenated alkanes) is 1. The Morgan fingerprint density at radius 3 is 1.24 bits per heavy atom. The number of amides is 5. The highest BCUT2D eigenvalue weighted by atomic mass is 79.9. The van der Waals surface area contributed by atoms with E-state index < -0.39 is 77.5 Å². The number of carbonyl (C=O) groups is 9. The van der Waals surface area contributed by atoms with Gasteiger partial charge in [0.2, 0.25) is 5.91 Å². The number of likely N-dealkylation sites (N-methyl/N-ethyl adjacent to an activating group) is 1. The van der Waals surface area contributed by atoms with Crippen LogP contribution in [-0.4, -0.2) is 229 Å². The van der Waals surface area contributed by atoms with Gasteiger partial charge in [-0.2, -0.15) is 0 Å². The second-order valence-electron chi connectivity index (χ2n) is 34.3. The van der Waals surface area contributed by atoms with Crippen molar-refractivity contribution in [2.24, 2.45) is 0 Å². The summed E-state index contributed by atoms with van der Waals surface area (Å²) in [5.74, 6) is -0.781. The second-order valence-corrected chi connectivity index (χ2v) is 46.3. The highest BCUT2D eigenvalue weighted by molar-refractivity contribution is 9.11. The molecule has 0 atom stereocenters. The number of sulfone groups is 2. The number of hydrogen-bond donors (Lipinski definition) is 7. The van der Waals surface area contributed by atoms with Gasteiger partial charge in [-0.1, -0.05) is 92.1 Å². The smallest absolute Gasteiger partial charge is 0.488 e. The van der Waals surface area contributed by atoms with Crippen LogP contribution >= 0.6 is 88.5 Å². The van der Waals surface area contributed by atoms with Crippen LogP contribution in [0.2, 0.25) is 0 Å². The Kier molecular flexibility index (Phi) is 47.2. The number of nitrogens with two attached hydrogens (primary N) is 2. The number of nitrogens with zero attached hydrogens (tertiary/aromatic N) is 9. The molecule has 0 saturated carbocycles. The number of ketones is 1. The molecule has 48 heteroatoms. The van der Waals surface area contributed by atoms with E-state index in [0.29, 0.717) is 117 Å². The molecular formula is C98H121BBr2F2N14O22S7. The zero-order valence-electron chi connectivity index (χ0n) is 82.8. The van der Waals surface area contributed by atoms with Crippen LogP contribution < -0.4 is 51.8 Å². The first-order chi connectivity index (χ1) is 68.4. The maximum Gasteiger partial charge on any atom is 0.488 e. The summed E-state index contributed by atoms with van der Waals surface area (Å²) in [6, 6.07) is 27.5. The molecule has 5 amide bonds. The Hall–Kier alpha value is -11.8. The summed E-state index contributed by atoms with van der Waals surface area (Å²) in [7, 11) is -7.30. The van der Waals surface area contributed by atoms with Crippen molar-refractivity contribution >= 4 is 195 Å². The van der Waals surface area contributed by atoms with Crippen LogP contribution in [0.5, 0.6) is 23.0 Å². The van der Waals surface area contributed by atoms with Crippen molar-refractivity contribution in [1.29, 1.82) is 0 Å². The third-order valence-corrected chi connectivity index (χ3v) is 28.1. The summed E-state index contributed by atoms with van der Waals surface area (Å²) in [4.78, 5) is 131. The Morgan fingerprint density at radius 1 is 0.527 bits per heavy atom. The summed E-state index contributed by atoms with van der Waals surface area (Å²) < 4.78 is 117. The van der Waals surface area contributed by atoms with Crippen molar-refractivity contribution in [3.8, 4) is 54.3 Å². The molecule has 9 N–H and O–H groups in total. The zero-order valence-corrected chi connectivity index (χ0v) is 91.7.